The van der Waals surface area contributed by atoms with Gasteiger partial charge in [0.2, 0.25) is 5.91 Å². The average Bonchev–Trinajstić information content (AvgIpc) is 3.15. The SMILES string of the molecule is O=C(/C=C/c1cnc2ccccc2n1)N1CC[C@H](Nc2ccccc2)C1. The van der Waals surface area contributed by atoms with Gasteiger partial charge in [0.05, 0.1) is 22.9 Å². The van der Waals surface area contributed by atoms with Crippen molar-refractivity contribution in [2.24, 2.45) is 0 Å². The lowest BCUT2D eigenvalue weighted by Gasteiger charge is -2.16. The van der Waals surface area contributed by atoms with Crippen molar-refractivity contribution in [2.45, 2.75) is 12.5 Å². The first-order valence-corrected chi connectivity index (χ1v) is 8.78. The Hall–Kier alpha value is -3.21. The minimum absolute atomic E-state index is 0.0114. The van der Waals surface area contributed by atoms with E-state index in [4.69, 9.17) is 0 Å². The summed E-state index contributed by atoms with van der Waals surface area (Å²) in [4.78, 5) is 23.2. The topological polar surface area (TPSA) is 58.1 Å². The number of nitrogens with zero attached hydrogens (tertiary/aromatic N) is 3. The van der Waals surface area contributed by atoms with Gasteiger partial charge in [0.1, 0.15) is 0 Å². The number of likely N-dealkylation sites (tertiary alicyclic amines) is 1. The lowest BCUT2D eigenvalue weighted by molar-refractivity contribution is -0.124. The van der Waals surface area contributed by atoms with Crippen molar-refractivity contribution in [3.63, 3.8) is 0 Å². The number of fused-ring (bicyclic) bond motifs is 1. The van der Waals surface area contributed by atoms with Crippen LogP contribution < -0.4 is 5.32 Å². The molecule has 3 aromatic rings. The van der Waals surface area contributed by atoms with E-state index in [1.54, 1.807) is 18.3 Å². The highest BCUT2D eigenvalue weighted by atomic mass is 16.2. The quantitative estimate of drug-likeness (QED) is 0.738. The summed E-state index contributed by atoms with van der Waals surface area (Å²) in [5.41, 5.74) is 3.46. The summed E-state index contributed by atoms with van der Waals surface area (Å²) < 4.78 is 0. The molecule has 1 atom stereocenters. The van der Waals surface area contributed by atoms with Gasteiger partial charge in [0.25, 0.3) is 0 Å². The average molecular weight is 344 g/mol. The predicted octanol–water partition coefficient (Wildman–Crippen LogP) is 3.36. The zero-order valence-corrected chi connectivity index (χ0v) is 14.4. The summed E-state index contributed by atoms with van der Waals surface area (Å²) in [6, 6.07) is 18.1. The number of aromatic nitrogens is 2. The molecular formula is C21H20N4O. The fourth-order valence-corrected chi connectivity index (χ4v) is 3.16. The van der Waals surface area contributed by atoms with Crippen LogP contribution in [0.2, 0.25) is 0 Å². The highest BCUT2D eigenvalue weighted by Crippen LogP contribution is 2.16. The molecule has 5 heteroatoms. The Morgan fingerprint density at radius 3 is 2.69 bits per heavy atom. The molecule has 0 spiro atoms. The molecule has 1 fully saturated rings. The molecule has 1 aliphatic heterocycles. The largest absolute Gasteiger partial charge is 0.380 e. The van der Waals surface area contributed by atoms with E-state index in [2.05, 4.69) is 15.3 Å². The predicted molar refractivity (Wildman–Crippen MR) is 104 cm³/mol. The van der Waals surface area contributed by atoms with Crippen LogP contribution in [-0.2, 0) is 4.79 Å². The molecule has 0 saturated carbocycles. The number of amides is 1. The molecule has 0 radical (unpaired) electrons. The van der Waals surface area contributed by atoms with Crippen LogP contribution >= 0.6 is 0 Å². The Labute approximate surface area is 152 Å². The van der Waals surface area contributed by atoms with Crippen LogP contribution in [-0.4, -0.2) is 39.9 Å². The Bertz CT molecular complexity index is 939. The second-order valence-corrected chi connectivity index (χ2v) is 6.40. The molecule has 2 heterocycles. The molecule has 0 aliphatic carbocycles. The van der Waals surface area contributed by atoms with Gasteiger partial charge in [0.15, 0.2) is 0 Å². The standard InChI is InChI=1S/C21H20N4O/c26-21(11-10-17-14-22-19-8-4-5-9-20(19)24-17)25-13-12-18(15-25)23-16-6-2-1-3-7-16/h1-11,14,18,23H,12-13,15H2/b11-10+/t18-/m0/s1. The minimum atomic E-state index is 0.0114. The smallest absolute Gasteiger partial charge is 0.246 e. The fraction of sp³-hybridized carbons (Fsp3) is 0.190. The van der Waals surface area contributed by atoms with Crippen LogP contribution in [0.3, 0.4) is 0 Å². The summed E-state index contributed by atoms with van der Waals surface area (Å²) >= 11 is 0. The third kappa shape index (κ3) is 3.72. The lowest BCUT2D eigenvalue weighted by Crippen LogP contribution is -2.30. The first kappa shape index (κ1) is 16.3. The van der Waals surface area contributed by atoms with Crippen molar-refractivity contribution >= 4 is 28.7 Å². The van der Waals surface area contributed by atoms with E-state index in [0.717, 1.165) is 29.7 Å². The number of para-hydroxylation sites is 3. The van der Waals surface area contributed by atoms with Crippen LogP contribution in [0.5, 0.6) is 0 Å². The van der Waals surface area contributed by atoms with Crippen molar-refractivity contribution < 1.29 is 4.79 Å². The van der Waals surface area contributed by atoms with E-state index >= 15 is 0 Å². The maximum atomic E-state index is 12.4. The van der Waals surface area contributed by atoms with E-state index < -0.39 is 0 Å². The molecule has 0 bridgehead atoms. The first-order valence-electron chi connectivity index (χ1n) is 8.78. The third-order valence-electron chi connectivity index (χ3n) is 4.51. The Morgan fingerprint density at radius 1 is 1.08 bits per heavy atom. The van der Waals surface area contributed by atoms with E-state index in [9.17, 15) is 4.79 Å². The second-order valence-electron chi connectivity index (χ2n) is 6.40. The number of anilines is 1. The maximum absolute atomic E-state index is 12.4. The lowest BCUT2D eigenvalue weighted by atomic mass is 10.2. The van der Waals surface area contributed by atoms with Crippen molar-refractivity contribution in [3.8, 4) is 0 Å². The van der Waals surface area contributed by atoms with Gasteiger partial charge < -0.3 is 10.2 Å². The van der Waals surface area contributed by atoms with Gasteiger partial charge in [-0.3, -0.25) is 9.78 Å². The zero-order valence-electron chi connectivity index (χ0n) is 14.4. The molecule has 5 nitrogen and oxygen atoms in total. The monoisotopic (exact) mass is 344 g/mol. The summed E-state index contributed by atoms with van der Waals surface area (Å²) in [7, 11) is 0. The number of carbonyl (C=O) groups excluding carboxylic acids is 1. The van der Waals surface area contributed by atoms with Crippen molar-refractivity contribution in [2.75, 3.05) is 18.4 Å². The summed E-state index contributed by atoms with van der Waals surface area (Å²) in [5.74, 6) is 0.0114. The molecule has 4 rings (SSSR count). The van der Waals surface area contributed by atoms with Crippen LogP contribution in [0.4, 0.5) is 5.69 Å². The molecular weight excluding hydrogens is 324 g/mol. The van der Waals surface area contributed by atoms with Crippen LogP contribution in [0.15, 0.2) is 66.9 Å². The minimum Gasteiger partial charge on any atom is -0.380 e. The van der Waals surface area contributed by atoms with Gasteiger partial charge in [-0.15, -0.1) is 0 Å². The number of rotatable bonds is 4. The fourth-order valence-electron chi connectivity index (χ4n) is 3.16. The Morgan fingerprint density at radius 2 is 1.85 bits per heavy atom. The number of hydrogen-bond donors (Lipinski definition) is 1. The highest BCUT2D eigenvalue weighted by molar-refractivity contribution is 5.92. The van der Waals surface area contributed by atoms with Crippen LogP contribution in [0.1, 0.15) is 12.1 Å². The van der Waals surface area contributed by atoms with Crippen molar-refractivity contribution in [1.29, 1.82) is 0 Å². The molecule has 1 aliphatic rings. The summed E-state index contributed by atoms with van der Waals surface area (Å²) in [5, 5.41) is 3.48. The molecule has 130 valence electrons. The van der Waals surface area contributed by atoms with Gasteiger partial charge in [-0.25, -0.2) is 4.98 Å². The van der Waals surface area contributed by atoms with Gasteiger partial charge in [0, 0.05) is 30.9 Å². The van der Waals surface area contributed by atoms with Gasteiger partial charge in [-0.2, -0.15) is 0 Å². The van der Waals surface area contributed by atoms with E-state index in [1.807, 2.05) is 59.5 Å². The third-order valence-corrected chi connectivity index (χ3v) is 4.51. The van der Waals surface area contributed by atoms with Gasteiger partial charge >= 0.3 is 0 Å². The number of benzene rings is 2. The second kappa shape index (κ2) is 7.35. The number of hydrogen-bond acceptors (Lipinski definition) is 4. The first-order chi connectivity index (χ1) is 12.8. The highest BCUT2D eigenvalue weighted by Gasteiger charge is 2.24. The van der Waals surface area contributed by atoms with Crippen molar-refractivity contribution in [1.82, 2.24) is 14.9 Å². The number of carbonyl (C=O) groups is 1. The molecule has 1 N–H and O–H groups in total. The molecule has 26 heavy (non-hydrogen) atoms. The summed E-state index contributed by atoms with van der Waals surface area (Å²) in [6.45, 7) is 1.47. The molecule has 2 aromatic carbocycles. The molecule has 1 saturated heterocycles. The summed E-state index contributed by atoms with van der Waals surface area (Å²) in [6.07, 6.45) is 5.96. The number of nitrogens with one attached hydrogen (secondary N) is 1. The molecule has 1 amide bonds. The normalized spacial score (nSPS) is 17.1. The maximum Gasteiger partial charge on any atom is 0.246 e. The van der Waals surface area contributed by atoms with Crippen molar-refractivity contribution in [3.05, 3.63) is 72.6 Å². The van der Waals surface area contributed by atoms with Gasteiger partial charge in [-0.1, -0.05) is 30.3 Å². The van der Waals surface area contributed by atoms with E-state index in [1.165, 1.54) is 0 Å². The van der Waals surface area contributed by atoms with Gasteiger partial charge in [-0.05, 0) is 36.8 Å². The van der Waals surface area contributed by atoms with Crippen LogP contribution in [0, 0.1) is 0 Å². The molecule has 0 unspecified atom stereocenters. The van der Waals surface area contributed by atoms with Crippen LogP contribution in [0.25, 0.3) is 17.1 Å². The van der Waals surface area contributed by atoms with E-state index in [-0.39, 0.29) is 11.9 Å². The molecule has 1 aromatic heterocycles. The van der Waals surface area contributed by atoms with E-state index in [0.29, 0.717) is 12.2 Å². The Kier molecular flexibility index (Phi) is 4.60. The zero-order chi connectivity index (χ0) is 17.8. The Balaban J connectivity index is 1.37.